The highest BCUT2D eigenvalue weighted by atomic mass is 16.5. The van der Waals surface area contributed by atoms with Crippen molar-refractivity contribution in [2.45, 2.75) is 19.8 Å². The van der Waals surface area contributed by atoms with E-state index in [1.54, 1.807) is 43.5 Å². The lowest BCUT2D eigenvalue weighted by Gasteiger charge is -2.10. The summed E-state index contributed by atoms with van der Waals surface area (Å²) in [5.74, 6) is 0.817. The van der Waals surface area contributed by atoms with Crippen LogP contribution in [0.25, 0.3) is 0 Å². The molecular formula is C22H27N3O5. The Hall–Kier alpha value is -3.55. The number of hydrogen-bond acceptors (Lipinski definition) is 6. The molecule has 0 fully saturated rings. The summed E-state index contributed by atoms with van der Waals surface area (Å²) in [6.45, 7) is 2.50. The number of hydrogen-bond donors (Lipinski definition) is 2. The minimum absolute atomic E-state index is 0.220. The average molecular weight is 413 g/mol. The Bertz CT molecular complexity index is 883. The van der Waals surface area contributed by atoms with Crippen LogP contribution in [0.2, 0.25) is 0 Å². The van der Waals surface area contributed by atoms with Gasteiger partial charge in [0.25, 0.3) is 11.8 Å². The number of ether oxygens (including phenoxy) is 3. The first-order valence-electron chi connectivity index (χ1n) is 9.63. The highest BCUT2D eigenvalue weighted by Crippen LogP contribution is 2.27. The number of methoxy groups -OCH3 is 2. The zero-order valence-electron chi connectivity index (χ0n) is 17.4. The summed E-state index contributed by atoms with van der Waals surface area (Å²) >= 11 is 0. The van der Waals surface area contributed by atoms with E-state index in [4.69, 9.17) is 14.2 Å². The van der Waals surface area contributed by atoms with E-state index in [0.29, 0.717) is 29.4 Å². The molecule has 0 atom stereocenters. The summed E-state index contributed by atoms with van der Waals surface area (Å²) < 4.78 is 16.2. The standard InChI is InChI=1S/C22H27N3O5/c1-4-5-12-30-19-11-10-16(13-20(19)29-3)14-24-25-21(26)15-23-22(27)17-8-6-7-9-18(17)28-2/h6-11,13-14H,4-5,12,15H2,1-3H3,(H,23,27)(H,25,26). The van der Waals surface area contributed by atoms with Crippen LogP contribution in [0.1, 0.15) is 35.7 Å². The summed E-state index contributed by atoms with van der Waals surface area (Å²) in [7, 11) is 3.04. The number of nitrogens with zero attached hydrogens (tertiary/aromatic N) is 1. The lowest BCUT2D eigenvalue weighted by molar-refractivity contribution is -0.120. The molecule has 0 saturated carbocycles. The van der Waals surface area contributed by atoms with E-state index >= 15 is 0 Å². The number of hydrazone groups is 1. The van der Waals surface area contributed by atoms with Crippen molar-refractivity contribution >= 4 is 18.0 Å². The quantitative estimate of drug-likeness (QED) is 0.335. The predicted molar refractivity (Wildman–Crippen MR) is 114 cm³/mol. The Labute approximate surface area is 176 Å². The van der Waals surface area contributed by atoms with Gasteiger partial charge in [-0.05, 0) is 42.3 Å². The van der Waals surface area contributed by atoms with Gasteiger partial charge in [-0.25, -0.2) is 5.43 Å². The van der Waals surface area contributed by atoms with Crippen LogP contribution in [-0.4, -0.2) is 45.4 Å². The molecule has 0 spiro atoms. The van der Waals surface area contributed by atoms with E-state index in [9.17, 15) is 9.59 Å². The smallest absolute Gasteiger partial charge is 0.259 e. The Balaban J connectivity index is 1.86. The second-order valence-electron chi connectivity index (χ2n) is 6.29. The molecule has 2 aromatic carbocycles. The maximum absolute atomic E-state index is 12.2. The molecule has 0 aliphatic heterocycles. The lowest BCUT2D eigenvalue weighted by Crippen LogP contribution is -2.35. The molecule has 2 N–H and O–H groups in total. The van der Waals surface area contributed by atoms with Gasteiger partial charge >= 0.3 is 0 Å². The number of carbonyl (C=O) groups excluding carboxylic acids is 2. The molecule has 160 valence electrons. The fraction of sp³-hybridized carbons (Fsp3) is 0.318. The van der Waals surface area contributed by atoms with Crippen molar-refractivity contribution in [2.24, 2.45) is 5.10 Å². The molecule has 0 saturated heterocycles. The molecule has 0 heterocycles. The third-order valence-electron chi connectivity index (χ3n) is 4.11. The molecule has 0 bridgehead atoms. The Morgan fingerprint density at radius 2 is 1.80 bits per heavy atom. The Morgan fingerprint density at radius 1 is 1.03 bits per heavy atom. The predicted octanol–water partition coefficient (Wildman–Crippen LogP) is 2.76. The first-order chi connectivity index (χ1) is 14.6. The molecule has 8 nitrogen and oxygen atoms in total. The normalized spacial score (nSPS) is 10.5. The summed E-state index contributed by atoms with van der Waals surface area (Å²) in [5, 5.41) is 6.44. The van der Waals surface area contributed by atoms with Crippen LogP contribution >= 0.6 is 0 Å². The lowest BCUT2D eigenvalue weighted by atomic mass is 10.2. The third kappa shape index (κ3) is 6.80. The molecule has 30 heavy (non-hydrogen) atoms. The zero-order valence-corrected chi connectivity index (χ0v) is 17.4. The topological polar surface area (TPSA) is 98.2 Å². The van der Waals surface area contributed by atoms with Crippen LogP contribution in [0.3, 0.4) is 0 Å². The highest BCUT2D eigenvalue weighted by molar-refractivity contribution is 5.98. The van der Waals surface area contributed by atoms with Gasteiger partial charge in [0.1, 0.15) is 5.75 Å². The largest absolute Gasteiger partial charge is 0.496 e. The van der Waals surface area contributed by atoms with Crippen LogP contribution in [0.5, 0.6) is 17.2 Å². The van der Waals surface area contributed by atoms with Crippen LogP contribution < -0.4 is 25.0 Å². The SMILES string of the molecule is CCCCOc1ccc(C=NNC(=O)CNC(=O)c2ccccc2OC)cc1OC. The van der Waals surface area contributed by atoms with E-state index < -0.39 is 11.8 Å². The molecule has 2 rings (SSSR count). The van der Waals surface area contributed by atoms with Crippen LogP contribution in [0.4, 0.5) is 0 Å². The fourth-order valence-electron chi connectivity index (χ4n) is 2.52. The molecule has 0 unspecified atom stereocenters. The van der Waals surface area contributed by atoms with E-state index in [0.717, 1.165) is 18.4 Å². The molecule has 0 radical (unpaired) electrons. The molecule has 8 heteroatoms. The maximum Gasteiger partial charge on any atom is 0.259 e. The van der Waals surface area contributed by atoms with E-state index in [2.05, 4.69) is 22.8 Å². The number of amides is 2. The maximum atomic E-state index is 12.2. The van der Waals surface area contributed by atoms with Gasteiger partial charge in [0.05, 0.1) is 39.1 Å². The van der Waals surface area contributed by atoms with Gasteiger partial charge in [-0.15, -0.1) is 0 Å². The number of benzene rings is 2. The summed E-state index contributed by atoms with van der Waals surface area (Å²) in [4.78, 5) is 24.1. The van der Waals surface area contributed by atoms with Crippen LogP contribution in [-0.2, 0) is 4.79 Å². The van der Waals surface area contributed by atoms with Crippen molar-refractivity contribution in [3.8, 4) is 17.2 Å². The molecule has 2 amide bonds. The van der Waals surface area contributed by atoms with Crippen LogP contribution in [0, 0.1) is 0 Å². The molecule has 2 aromatic rings. The van der Waals surface area contributed by atoms with Crippen molar-refractivity contribution < 1.29 is 23.8 Å². The van der Waals surface area contributed by atoms with Crippen molar-refractivity contribution in [3.05, 3.63) is 53.6 Å². The highest BCUT2D eigenvalue weighted by Gasteiger charge is 2.12. The number of unbranched alkanes of at least 4 members (excludes halogenated alkanes) is 1. The monoisotopic (exact) mass is 413 g/mol. The molecule has 0 aromatic heterocycles. The Morgan fingerprint density at radius 3 is 2.53 bits per heavy atom. The number of para-hydroxylation sites is 1. The fourth-order valence-corrected chi connectivity index (χ4v) is 2.52. The summed E-state index contributed by atoms with van der Waals surface area (Å²) in [6.07, 6.45) is 3.50. The van der Waals surface area contributed by atoms with Gasteiger partial charge in [-0.1, -0.05) is 25.5 Å². The van der Waals surface area contributed by atoms with E-state index in [-0.39, 0.29) is 6.54 Å². The summed E-state index contributed by atoms with van der Waals surface area (Å²) in [5.41, 5.74) is 3.45. The average Bonchev–Trinajstić information content (AvgIpc) is 2.78. The number of carbonyl (C=O) groups is 2. The second-order valence-corrected chi connectivity index (χ2v) is 6.29. The van der Waals surface area contributed by atoms with Crippen molar-refractivity contribution in [3.63, 3.8) is 0 Å². The van der Waals surface area contributed by atoms with Crippen molar-refractivity contribution in [1.82, 2.24) is 10.7 Å². The molecule has 0 aliphatic rings. The first kappa shape index (κ1) is 22.7. The second kappa shape index (κ2) is 12.1. The minimum Gasteiger partial charge on any atom is -0.496 e. The number of rotatable bonds is 11. The molecule has 0 aliphatic carbocycles. The van der Waals surface area contributed by atoms with Gasteiger partial charge in [-0.2, -0.15) is 5.10 Å². The van der Waals surface area contributed by atoms with Gasteiger partial charge in [-0.3, -0.25) is 9.59 Å². The molecular weight excluding hydrogens is 386 g/mol. The van der Waals surface area contributed by atoms with Gasteiger partial charge in [0.2, 0.25) is 0 Å². The first-order valence-corrected chi connectivity index (χ1v) is 9.63. The third-order valence-corrected chi connectivity index (χ3v) is 4.11. The van der Waals surface area contributed by atoms with E-state index in [1.165, 1.54) is 13.3 Å². The van der Waals surface area contributed by atoms with Crippen LogP contribution in [0.15, 0.2) is 47.6 Å². The van der Waals surface area contributed by atoms with Crippen molar-refractivity contribution in [2.75, 3.05) is 27.4 Å². The van der Waals surface area contributed by atoms with Gasteiger partial charge in [0, 0.05) is 0 Å². The Kier molecular flexibility index (Phi) is 9.18. The van der Waals surface area contributed by atoms with Gasteiger partial charge in [0.15, 0.2) is 11.5 Å². The zero-order chi connectivity index (χ0) is 21.8. The van der Waals surface area contributed by atoms with E-state index in [1.807, 2.05) is 6.07 Å². The summed E-state index contributed by atoms with van der Waals surface area (Å²) in [6, 6.07) is 12.1. The van der Waals surface area contributed by atoms with Gasteiger partial charge < -0.3 is 19.5 Å². The number of nitrogens with one attached hydrogen (secondary N) is 2. The minimum atomic E-state index is -0.457. The van der Waals surface area contributed by atoms with Crippen molar-refractivity contribution in [1.29, 1.82) is 0 Å².